The van der Waals surface area contributed by atoms with Crippen molar-refractivity contribution in [1.29, 1.82) is 0 Å². The molecule has 0 fully saturated rings. The fourth-order valence-corrected chi connectivity index (χ4v) is 2.03. The second kappa shape index (κ2) is 6.59. The molecule has 0 aliphatic carbocycles. The van der Waals surface area contributed by atoms with Crippen molar-refractivity contribution in [3.8, 4) is 0 Å². The second-order valence-electron chi connectivity index (χ2n) is 4.24. The molecule has 2 aromatic rings. The Balaban J connectivity index is 2.01. The summed E-state index contributed by atoms with van der Waals surface area (Å²) in [6.45, 7) is 1.88. The van der Waals surface area contributed by atoms with Gasteiger partial charge < -0.3 is 5.32 Å². The van der Waals surface area contributed by atoms with Crippen LogP contribution in [-0.2, 0) is 4.79 Å². The molecule has 20 heavy (non-hydrogen) atoms. The van der Waals surface area contributed by atoms with Gasteiger partial charge in [0, 0.05) is 17.8 Å². The Bertz CT molecular complexity index is 623. The number of nitrogens with zero attached hydrogens (tertiary/aromatic N) is 1. The first-order valence-electron chi connectivity index (χ1n) is 5.99. The maximum absolute atomic E-state index is 11.8. The summed E-state index contributed by atoms with van der Waals surface area (Å²) < 4.78 is 0. The average Bonchev–Trinajstić information content (AvgIpc) is 2.94. The van der Waals surface area contributed by atoms with Crippen LogP contribution in [-0.4, -0.2) is 16.1 Å². The first kappa shape index (κ1) is 14.6. The Morgan fingerprint density at radius 1 is 1.45 bits per heavy atom. The highest BCUT2D eigenvalue weighted by Crippen LogP contribution is 2.26. The first-order valence-corrected chi connectivity index (χ1v) is 6.75. The van der Waals surface area contributed by atoms with Crippen molar-refractivity contribution in [2.24, 2.45) is 0 Å². The molecule has 1 heterocycles. The summed E-state index contributed by atoms with van der Waals surface area (Å²) in [6.07, 6.45) is 6.46. The molecule has 0 bridgehead atoms. The van der Waals surface area contributed by atoms with Crippen molar-refractivity contribution in [1.82, 2.24) is 15.5 Å². The number of nitrogens with one attached hydrogen (secondary N) is 2. The lowest BCUT2D eigenvalue weighted by Crippen LogP contribution is -2.24. The number of rotatable bonds is 4. The van der Waals surface area contributed by atoms with Crippen LogP contribution in [0, 0.1) is 0 Å². The largest absolute Gasteiger partial charge is 0.346 e. The van der Waals surface area contributed by atoms with E-state index in [-0.39, 0.29) is 11.9 Å². The van der Waals surface area contributed by atoms with E-state index in [1.165, 1.54) is 6.08 Å². The predicted octanol–water partition coefficient (Wildman–Crippen LogP) is 3.61. The zero-order valence-corrected chi connectivity index (χ0v) is 12.2. The fraction of sp³-hybridized carbons (Fsp3) is 0.143. The SMILES string of the molecule is CC(NC(=O)/C=C/c1cccc(Cl)c1Cl)c1cn[nH]c1. The lowest BCUT2D eigenvalue weighted by atomic mass is 10.2. The molecule has 0 saturated carbocycles. The summed E-state index contributed by atoms with van der Waals surface area (Å²) in [5, 5.41) is 10.3. The zero-order chi connectivity index (χ0) is 14.5. The van der Waals surface area contributed by atoms with Crippen molar-refractivity contribution >= 4 is 35.2 Å². The molecule has 0 aliphatic rings. The van der Waals surface area contributed by atoms with Crippen molar-refractivity contribution in [2.75, 3.05) is 0 Å². The van der Waals surface area contributed by atoms with Gasteiger partial charge in [0.15, 0.2) is 0 Å². The lowest BCUT2D eigenvalue weighted by Gasteiger charge is -2.09. The number of hydrogen-bond acceptors (Lipinski definition) is 2. The third-order valence-corrected chi connectivity index (χ3v) is 3.61. The topological polar surface area (TPSA) is 57.8 Å². The van der Waals surface area contributed by atoms with Crippen molar-refractivity contribution < 1.29 is 4.79 Å². The highest BCUT2D eigenvalue weighted by Gasteiger charge is 2.08. The number of hydrogen-bond donors (Lipinski definition) is 2. The van der Waals surface area contributed by atoms with Crippen LogP contribution >= 0.6 is 23.2 Å². The van der Waals surface area contributed by atoms with Gasteiger partial charge in [-0.15, -0.1) is 0 Å². The number of H-pyrrole nitrogens is 1. The molecular formula is C14H13Cl2N3O. The summed E-state index contributed by atoms with van der Waals surface area (Å²) >= 11 is 11.9. The van der Waals surface area contributed by atoms with Gasteiger partial charge in [-0.3, -0.25) is 9.89 Å². The fourth-order valence-electron chi connectivity index (χ4n) is 1.66. The van der Waals surface area contributed by atoms with Gasteiger partial charge in [-0.25, -0.2) is 0 Å². The van der Waals surface area contributed by atoms with Gasteiger partial charge in [0.25, 0.3) is 0 Å². The molecule has 1 aromatic heterocycles. The van der Waals surface area contributed by atoms with Gasteiger partial charge in [-0.2, -0.15) is 5.10 Å². The third-order valence-electron chi connectivity index (χ3n) is 2.77. The maximum Gasteiger partial charge on any atom is 0.244 e. The summed E-state index contributed by atoms with van der Waals surface area (Å²) in [4.78, 5) is 11.8. The molecule has 0 spiro atoms. The normalized spacial score (nSPS) is 12.6. The van der Waals surface area contributed by atoms with E-state index in [0.29, 0.717) is 15.6 Å². The van der Waals surface area contributed by atoms with E-state index >= 15 is 0 Å². The van der Waals surface area contributed by atoms with Crippen LogP contribution in [0.15, 0.2) is 36.7 Å². The van der Waals surface area contributed by atoms with Gasteiger partial charge in [0.1, 0.15) is 0 Å². The van der Waals surface area contributed by atoms with E-state index < -0.39 is 0 Å². The second-order valence-corrected chi connectivity index (χ2v) is 5.02. The minimum atomic E-state index is -0.213. The smallest absolute Gasteiger partial charge is 0.244 e. The molecule has 1 aromatic carbocycles. The van der Waals surface area contributed by atoms with Gasteiger partial charge in [0.05, 0.1) is 22.3 Å². The standard InChI is InChI=1S/C14H13Cl2N3O/c1-9(11-7-17-18-8-11)19-13(20)6-5-10-3-2-4-12(15)14(10)16/h2-9H,1H3,(H,17,18)(H,19,20)/b6-5+. The number of halogens is 2. The molecule has 2 N–H and O–H groups in total. The van der Waals surface area contributed by atoms with Crippen molar-refractivity contribution in [3.05, 3.63) is 57.8 Å². The minimum Gasteiger partial charge on any atom is -0.346 e. The molecule has 1 atom stereocenters. The van der Waals surface area contributed by atoms with Crippen molar-refractivity contribution in [2.45, 2.75) is 13.0 Å². The maximum atomic E-state index is 11.8. The summed E-state index contributed by atoms with van der Waals surface area (Å²) in [5.41, 5.74) is 1.61. The molecule has 4 nitrogen and oxygen atoms in total. The number of benzene rings is 1. The zero-order valence-electron chi connectivity index (χ0n) is 10.7. The quantitative estimate of drug-likeness (QED) is 0.848. The highest BCUT2D eigenvalue weighted by molar-refractivity contribution is 6.42. The van der Waals surface area contributed by atoms with Crippen LogP contribution in [0.1, 0.15) is 24.1 Å². The third kappa shape index (κ3) is 3.62. The van der Waals surface area contributed by atoms with Crippen LogP contribution in [0.5, 0.6) is 0 Å². The van der Waals surface area contributed by atoms with Crippen molar-refractivity contribution in [3.63, 3.8) is 0 Å². The molecule has 0 aliphatic heterocycles. The van der Waals surface area contributed by atoms with Crippen LogP contribution < -0.4 is 5.32 Å². The molecule has 0 radical (unpaired) electrons. The number of carbonyl (C=O) groups excluding carboxylic acids is 1. The lowest BCUT2D eigenvalue weighted by molar-refractivity contribution is -0.117. The number of aromatic amines is 1. The molecule has 104 valence electrons. The molecule has 2 rings (SSSR count). The first-order chi connectivity index (χ1) is 9.58. The highest BCUT2D eigenvalue weighted by atomic mass is 35.5. The van der Waals surface area contributed by atoms with E-state index in [1.54, 1.807) is 36.7 Å². The average molecular weight is 310 g/mol. The molecule has 6 heteroatoms. The minimum absolute atomic E-state index is 0.124. The Hall–Kier alpha value is -1.78. The van der Waals surface area contributed by atoms with E-state index in [2.05, 4.69) is 15.5 Å². The molecule has 0 saturated heterocycles. The number of amides is 1. The van der Waals surface area contributed by atoms with Gasteiger partial charge in [0.2, 0.25) is 5.91 Å². The Morgan fingerprint density at radius 3 is 2.95 bits per heavy atom. The predicted molar refractivity (Wildman–Crippen MR) is 80.6 cm³/mol. The van der Waals surface area contributed by atoms with E-state index in [1.807, 2.05) is 6.92 Å². The van der Waals surface area contributed by atoms with E-state index in [0.717, 1.165) is 5.56 Å². The number of aromatic nitrogens is 2. The van der Waals surface area contributed by atoms with Crippen LogP contribution in [0.2, 0.25) is 10.0 Å². The van der Waals surface area contributed by atoms with E-state index in [9.17, 15) is 4.79 Å². The van der Waals surface area contributed by atoms with Crippen LogP contribution in [0.25, 0.3) is 6.08 Å². The molecule has 1 unspecified atom stereocenters. The summed E-state index contributed by atoms with van der Waals surface area (Å²) in [7, 11) is 0. The van der Waals surface area contributed by atoms with Crippen LogP contribution in [0.3, 0.4) is 0 Å². The Kier molecular flexibility index (Phi) is 4.82. The molecule has 1 amide bonds. The number of carbonyl (C=O) groups is 1. The summed E-state index contributed by atoms with van der Waals surface area (Å²) in [5.74, 6) is -0.213. The summed E-state index contributed by atoms with van der Waals surface area (Å²) in [6, 6.07) is 5.14. The Labute approximate surface area is 126 Å². The Morgan fingerprint density at radius 2 is 2.25 bits per heavy atom. The van der Waals surface area contributed by atoms with Crippen LogP contribution in [0.4, 0.5) is 0 Å². The van der Waals surface area contributed by atoms with Gasteiger partial charge in [-0.05, 0) is 24.6 Å². The van der Waals surface area contributed by atoms with E-state index in [4.69, 9.17) is 23.2 Å². The monoisotopic (exact) mass is 309 g/mol. The van der Waals surface area contributed by atoms with Gasteiger partial charge in [-0.1, -0.05) is 35.3 Å². The van der Waals surface area contributed by atoms with Gasteiger partial charge >= 0.3 is 0 Å². The molecular weight excluding hydrogens is 297 g/mol.